The molecule has 0 unspecified atom stereocenters. The Kier molecular flexibility index (Phi) is 3.01. The van der Waals surface area contributed by atoms with Crippen molar-refractivity contribution in [3.8, 4) is 0 Å². The third kappa shape index (κ3) is 2.49. The molecular weight excluding hydrogens is 356 g/mol. The summed E-state index contributed by atoms with van der Waals surface area (Å²) in [6.45, 7) is 0. The smallest absolute Gasteiger partial charge is 0.165 e. The van der Waals surface area contributed by atoms with Crippen LogP contribution in [0.3, 0.4) is 0 Å². The number of rotatable bonds is 1. The van der Waals surface area contributed by atoms with E-state index in [0.717, 1.165) is 9.64 Å². The predicted molar refractivity (Wildman–Crippen MR) is 58.5 cm³/mol. The molecule has 1 N–H and O–H groups in total. The Hall–Kier alpha value is -0.190. The van der Waals surface area contributed by atoms with Gasteiger partial charge in [-0.25, -0.2) is 0 Å². The van der Waals surface area contributed by atoms with E-state index in [1.165, 1.54) is 0 Å². The third-order valence-corrected chi connectivity index (χ3v) is 3.26. The first-order chi connectivity index (χ1) is 6.98. The minimum absolute atomic E-state index is 0.472. The summed E-state index contributed by atoms with van der Waals surface area (Å²) in [6.07, 6.45) is 0. The molecule has 0 bridgehead atoms. The Balaban J connectivity index is 2.32. The Bertz CT molecular complexity index is 492. The van der Waals surface area contributed by atoms with Crippen LogP contribution in [0.5, 0.6) is 0 Å². The number of nitrogens with zero attached hydrogens (tertiary/aromatic N) is 1. The van der Waals surface area contributed by atoms with Crippen LogP contribution >= 0.6 is 31.9 Å². The lowest BCUT2D eigenvalue weighted by Crippen LogP contribution is -2.28. The van der Waals surface area contributed by atoms with Gasteiger partial charge in [0.25, 0.3) is 0 Å². The minimum atomic E-state index is -3.99. The molecule has 0 aliphatic carbocycles. The van der Waals surface area contributed by atoms with Gasteiger partial charge in [0, 0.05) is 8.95 Å². The van der Waals surface area contributed by atoms with Crippen molar-refractivity contribution < 1.29 is 17.0 Å². The number of hydrazine groups is 1. The topological polar surface area (TPSA) is 67.9 Å². The van der Waals surface area contributed by atoms with Crippen molar-refractivity contribution in [3.63, 3.8) is 0 Å². The van der Waals surface area contributed by atoms with Gasteiger partial charge in [0.2, 0.25) is 0 Å². The molecule has 0 saturated carbocycles. The van der Waals surface area contributed by atoms with Gasteiger partial charge in [-0.15, -0.1) is 13.7 Å². The van der Waals surface area contributed by atoms with Gasteiger partial charge in [-0.3, -0.25) is 0 Å². The maximum absolute atomic E-state index is 10.8. The maximum Gasteiger partial charge on any atom is 0.440 e. The van der Waals surface area contributed by atoms with Gasteiger partial charge in [-0.05, 0) is 34.1 Å². The Morgan fingerprint density at radius 3 is 2.60 bits per heavy atom. The molecule has 1 aromatic carbocycles. The van der Waals surface area contributed by atoms with E-state index in [1.54, 1.807) is 18.2 Å². The van der Waals surface area contributed by atoms with Gasteiger partial charge in [-0.1, -0.05) is 21.5 Å². The lowest BCUT2D eigenvalue weighted by Gasteiger charge is -2.12. The van der Waals surface area contributed by atoms with E-state index in [-0.39, 0.29) is 0 Å². The zero-order valence-corrected chi connectivity index (χ0v) is 11.0. The van der Waals surface area contributed by atoms with E-state index >= 15 is 0 Å². The van der Waals surface area contributed by atoms with Gasteiger partial charge >= 0.3 is 10.4 Å². The number of benzene rings is 1. The van der Waals surface area contributed by atoms with E-state index in [4.69, 9.17) is 0 Å². The summed E-state index contributed by atoms with van der Waals surface area (Å²) in [7, 11) is -3.99. The summed E-state index contributed by atoms with van der Waals surface area (Å²) >= 11 is 6.52. The molecule has 1 aliphatic rings. The van der Waals surface area contributed by atoms with Crippen LogP contribution in [0.15, 0.2) is 27.1 Å². The average Bonchev–Trinajstić information content (AvgIpc) is 2.46. The summed E-state index contributed by atoms with van der Waals surface area (Å²) in [6, 6.07) is 5.12. The molecule has 9 heteroatoms. The van der Waals surface area contributed by atoms with Gasteiger partial charge < -0.3 is 0 Å². The fourth-order valence-electron chi connectivity index (χ4n) is 0.937. The fraction of sp³-hybridized carbons (Fsp3) is 0. The van der Waals surface area contributed by atoms with Gasteiger partial charge in [0.1, 0.15) is 5.69 Å². The summed E-state index contributed by atoms with van der Waals surface area (Å²) < 4.78 is 31.8. The second-order valence-corrected chi connectivity index (χ2v) is 5.45. The summed E-state index contributed by atoms with van der Waals surface area (Å²) in [5.41, 5.74) is 2.57. The van der Waals surface area contributed by atoms with E-state index < -0.39 is 10.4 Å². The molecule has 0 amide bonds. The SMILES string of the molecule is O=S1(=O)ONN(c2ccc(Br)cc2Br)O1. The molecular formula is C6H4Br2N2O4S. The molecule has 6 nitrogen and oxygen atoms in total. The minimum Gasteiger partial charge on any atom is -0.165 e. The zero-order chi connectivity index (χ0) is 11.1. The van der Waals surface area contributed by atoms with Gasteiger partial charge in [0.15, 0.2) is 0 Å². The van der Waals surface area contributed by atoms with Crippen molar-refractivity contribution in [2.24, 2.45) is 0 Å². The van der Waals surface area contributed by atoms with Crippen LogP contribution in [0.25, 0.3) is 0 Å². The standard InChI is InChI=1S/C6H4Br2N2O4S/c7-4-1-2-6(5(8)3-4)10-9-13-15(11,12)14-10/h1-3,9H. The largest absolute Gasteiger partial charge is 0.440 e. The normalized spacial score (nSPS) is 19.5. The number of hydrogen-bond donors (Lipinski definition) is 1. The van der Waals surface area contributed by atoms with Crippen LogP contribution in [0, 0.1) is 0 Å². The van der Waals surface area contributed by atoms with Crippen LogP contribution < -0.4 is 10.8 Å². The number of hydrogen-bond acceptors (Lipinski definition) is 6. The maximum atomic E-state index is 10.8. The van der Waals surface area contributed by atoms with Crippen molar-refractivity contribution in [3.05, 3.63) is 27.1 Å². The molecule has 82 valence electrons. The first-order valence-electron chi connectivity index (χ1n) is 3.62. The molecule has 15 heavy (non-hydrogen) atoms. The highest BCUT2D eigenvalue weighted by atomic mass is 79.9. The second kappa shape index (κ2) is 4.00. The molecule has 0 spiro atoms. The summed E-state index contributed by atoms with van der Waals surface area (Å²) in [4.78, 5) is 0. The van der Waals surface area contributed by atoms with Crippen LogP contribution in [0.4, 0.5) is 5.69 Å². The van der Waals surface area contributed by atoms with E-state index in [0.29, 0.717) is 10.2 Å². The summed E-state index contributed by atoms with van der Waals surface area (Å²) in [5.74, 6) is 0. The van der Waals surface area contributed by atoms with Gasteiger partial charge in [0.05, 0.1) is 0 Å². The molecule has 0 aromatic heterocycles. The molecule has 1 aliphatic heterocycles. The van der Waals surface area contributed by atoms with Crippen molar-refractivity contribution in [2.75, 3.05) is 5.17 Å². The highest BCUT2D eigenvalue weighted by Crippen LogP contribution is 2.30. The number of halogens is 2. The lowest BCUT2D eigenvalue weighted by molar-refractivity contribution is 0.198. The van der Waals surface area contributed by atoms with Crippen LogP contribution in [-0.4, -0.2) is 8.42 Å². The number of anilines is 1. The van der Waals surface area contributed by atoms with Crippen LogP contribution in [0.2, 0.25) is 0 Å². The van der Waals surface area contributed by atoms with E-state index in [9.17, 15) is 8.42 Å². The molecule has 2 rings (SSSR count). The first kappa shape index (κ1) is 11.3. The van der Waals surface area contributed by atoms with Crippen molar-refractivity contribution in [1.29, 1.82) is 0 Å². The van der Waals surface area contributed by atoms with E-state index in [1.807, 2.05) is 0 Å². The van der Waals surface area contributed by atoms with E-state index in [2.05, 4.69) is 46.0 Å². The number of nitrogens with one attached hydrogen (secondary N) is 1. The van der Waals surface area contributed by atoms with Crippen LogP contribution in [-0.2, 0) is 19.0 Å². The highest BCUT2D eigenvalue weighted by molar-refractivity contribution is 9.11. The van der Waals surface area contributed by atoms with Crippen molar-refractivity contribution in [2.45, 2.75) is 0 Å². The quantitative estimate of drug-likeness (QED) is 0.822. The lowest BCUT2D eigenvalue weighted by atomic mass is 10.3. The molecule has 1 saturated heterocycles. The van der Waals surface area contributed by atoms with Crippen molar-refractivity contribution in [1.82, 2.24) is 5.59 Å². The molecule has 0 atom stereocenters. The average molecular weight is 360 g/mol. The summed E-state index contributed by atoms with van der Waals surface area (Å²) in [5, 5.41) is 0.895. The second-order valence-electron chi connectivity index (χ2n) is 2.55. The zero-order valence-electron chi connectivity index (χ0n) is 6.98. The van der Waals surface area contributed by atoms with Gasteiger partial charge in [-0.2, -0.15) is 8.42 Å². The monoisotopic (exact) mass is 358 g/mol. The molecule has 1 aromatic rings. The molecule has 0 radical (unpaired) electrons. The molecule has 1 fully saturated rings. The first-order valence-corrected chi connectivity index (χ1v) is 6.54. The molecule has 1 heterocycles. The Morgan fingerprint density at radius 1 is 1.33 bits per heavy atom. The van der Waals surface area contributed by atoms with Crippen LogP contribution in [0.1, 0.15) is 0 Å². The Labute approximate surface area is 103 Å². The highest BCUT2D eigenvalue weighted by Gasteiger charge is 2.30. The fourth-order valence-corrected chi connectivity index (χ4v) is 2.63. The predicted octanol–water partition coefficient (Wildman–Crippen LogP) is 1.64. The Morgan fingerprint density at radius 2 is 2.07 bits per heavy atom. The van der Waals surface area contributed by atoms with Crippen molar-refractivity contribution >= 4 is 47.9 Å². The third-order valence-electron chi connectivity index (χ3n) is 1.52.